The van der Waals surface area contributed by atoms with Crippen LogP contribution in [0.5, 0.6) is 11.5 Å². The van der Waals surface area contributed by atoms with Gasteiger partial charge in [0.15, 0.2) is 11.5 Å². The molecule has 21 heavy (non-hydrogen) atoms. The van der Waals surface area contributed by atoms with Gasteiger partial charge < -0.3 is 14.8 Å². The van der Waals surface area contributed by atoms with Crippen LogP contribution in [0.2, 0.25) is 0 Å². The molecule has 0 fully saturated rings. The molecule has 0 amide bonds. The molecule has 0 saturated carbocycles. The van der Waals surface area contributed by atoms with Gasteiger partial charge in [-0.1, -0.05) is 26.8 Å². The van der Waals surface area contributed by atoms with Crippen molar-refractivity contribution in [2.75, 3.05) is 26.3 Å². The lowest BCUT2D eigenvalue weighted by atomic mass is 10.1. The van der Waals surface area contributed by atoms with E-state index in [0.29, 0.717) is 0 Å². The van der Waals surface area contributed by atoms with Gasteiger partial charge in [0.05, 0.1) is 13.2 Å². The molecule has 120 valence electrons. The first-order valence-electron chi connectivity index (χ1n) is 8.41. The van der Waals surface area contributed by atoms with E-state index in [1.54, 1.807) is 0 Å². The zero-order valence-electron chi connectivity index (χ0n) is 13.9. The highest BCUT2D eigenvalue weighted by molar-refractivity contribution is 5.43. The number of hydrogen-bond donors (Lipinski definition) is 1. The maximum Gasteiger partial charge on any atom is 0.161 e. The largest absolute Gasteiger partial charge is 0.490 e. The number of ether oxygens (including phenoxy) is 2. The van der Waals surface area contributed by atoms with E-state index < -0.39 is 0 Å². The van der Waals surface area contributed by atoms with Crippen molar-refractivity contribution in [3.8, 4) is 11.5 Å². The lowest BCUT2D eigenvalue weighted by molar-refractivity contribution is 0.268. The first kappa shape index (κ1) is 17.8. The summed E-state index contributed by atoms with van der Waals surface area (Å²) >= 11 is 0. The maximum atomic E-state index is 5.83. The van der Waals surface area contributed by atoms with Crippen molar-refractivity contribution in [2.45, 2.75) is 52.9 Å². The molecule has 1 aromatic rings. The van der Waals surface area contributed by atoms with E-state index in [0.717, 1.165) is 57.1 Å². The number of aryl methyl sites for hydroxylation is 1. The molecule has 0 spiro atoms. The minimum absolute atomic E-state index is 0.741. The van der Waals surface area contributed by atoms with Crippen molar-refractivity contribution in [2.24, 2.45) is 0 Å². The number of hydrogen-bond acceptors (Lipinski definition) is 3. The first-order chi connectivity index (χ1) is 10.3. The summed E-state index contributed by atoms with van der Waals surface area (Å²) in [5.41, 5.74) is 1.33. The van der Waals surface area contributed by atoms with Gasteiger partial charge in [0, 0.05) is 0 Å². The molecule has 1 aromatic carbocycles. The van der Waals surface area contributed by atoms with Gasteiger partial charge in [0.25, 0.3) is 0 Å². The van der Waals surface area contributed by atoms with E-state index in [4.69, 9.17) is 9.47 Å². The topological polar surface area (TPSA) is 30.5 Å². The zero-order valence-corrected chi connectivity index (χ0v) is 13.9. The van der Waals surface area contributed by atoms with Crippen LogP contribution in [-0.2, 0) is 6.42 Å². The first-order valence-corrected chi connectivity index (χ1v) is 8.41. The third kappa shape index (κ3) is 7.37. The van der Waals surface area contributed by atoms with Crippen molar-refractivity contribution in [3.63, 3.8) is 0 Å². The van der Waals surface area contributed by atoms with Gasteiger partial charge in [-0.15, -0.1) is 0 Å². The molecule has 0 aliphatic carbocycles. The van der Waals surface area contributed by atoms with E-state index in [1.165, 1.54) is 18.4 Å². The van der Waals surface area contributed by atoms with E-state index in [-0.39, 0.29) is 0 Å². The van der Waals surface area contributed by atoms with Crippen molar-refractivity contribution in [1.29, 1.82) is 0 Å². The SMILES string of the molecule is CCCOc1ccc(CCCCNCC)cc1OCCC. The second-order valence-corrected chi connectivity index (χ2v) is 5.29. The monoisotopic (exact) mass is 293 g/mol. The van der Waals surface area contributed by atoms with Crippen molar-refractivity contribution >= 4 is 0 Å². The van der Waals surface area contributed by atoms with Crippen molar-refractivity contribution < 1.29 is 9.47 Å². The van der Waals surface area contributed by atoms with Crippen LogP contribution < -0.4 is 14.8 Å². The molecule has 0 heterocycles. The lowest BCUT2D eigenvalue weighted by Crippen LogP contribution is -2.13. The molecule has 0 aromatic heterocycles. The predicted molar refractivity (Wildman–Crippen MR) is 89.5 cm³/mol. The summed E-state index contributed by atoms with van der Waals surface area (Å²) in [7, 11) is 0. The normalized spacial score (nSPS) is 10.6. The summed E-state index contributed by atoms with van der Waals surface area (Å²) in [5, 5.41) is 3.36. The Morgan fingerprint density at radius 3 is 2.29 bits per heavy atom. The third-order valence-electron chi connectivity index (χ3n) is 3.25. The molecule has 0 aliphatic heterocycles. The minimum atomic E-state index is 0.741. The summed E-state index contributed by atoms with van der Waals surface area (Å²) < 4.78 is 11.6. The Morgan fingerprint density at radius 1 is 0.905 bits per heavy atom. The van der Waals surface area contributed by atoms with E-state index in [9.17, 15) is 0 Å². The molecule has 0 unspecified atom stereocenters. The van der Waals surface area contributed by atoms with Crippen LogP contribution in [0.4, 0.5) is 0 Å². The molecular formula is C18H31NO2. The molecule has 0 saturated heterocycles. The Morgan fingerprint density at radius 2 is 1.62 bits per heavy atom. The van der Waals surface area contributed by atoms with Crippen LogP contribution in [0.15, 0.2) is 18.2 Å². The highest BCUT2D eigenvalue weighted by Crippen LogP contribution is 2.29. The fourth-order valence-corrected chi connectivity index (χ4v) is 2.12. The Kier molecular flexibility index (Phi) is 9.71. The summed E-state index contributed by atoms with van der Waals surface area (Å²) in [6.45, 7) is 10.0. The predicted octanol–water partition coefficient (Wildman–Crippen LogP) is 4.20. The molecule has 0 bridgehead atoms. The number of benzene rings is 1. The summed E-state index contributed by atoms with van der Waals surface area (Å²) in [6, 6.07) is 6.37. The Bertz CT molecular complexity index is 379. The quantitative estimate of drug-likeness (QED) is 0.586. The average molecular weight is 293 g/mol. The number of nitrogens with one attached hydrogen (secondary N) is 1. The average Bonchev–Trinajstić information content (AvgIpc) is 2.51. The van der Waals surface area contributed by atoms with E-state index in [2.05, 4.69) is 44.3 Å². The number of unbranched alkanes of at least 4 members (excludes halogenated alkanes) is 1. The van der Waals surface area contributed by atoms with Crippen molar-refractivity contribution in [3.05, 3.63) is 23.8 Å². The van der Waals surface area contributed by atoms with Crippen LogP contribution in [0.25, 0.3) is 0 Å². The molecule has 3 nitrogen and oxygen atoms in total. The Balaban J connectivity index is 2.55. The van der Waals surface area contributed by atoms with Gasteiger partial charge >= 0.3 is 0 Å². The number of rotatable bonds is 12. The summed E-state index contributed by atoms with van der Waals surface area (Å²) in [5.74, 6) is 1.77. The second kappa shape index (κ2) is 11.4. The highest BCUT2D eigenvalue weighted by atomic mass is 16.5. The molecular weight excluding hydrogens is 262 g/mol. The lowest BCUT2D eigenvalue weighted by Gasteiger charge is -2.13. The fraction of sp³-hybridized carbons (Fsp3) is 0.667. The van der Waals surface area contributed by atoms with Crippen molar-refractivity contribution in [1.82, 2.24) is 5.32 Å². The molecule has 3 heteroatoms. The van der Waals surface area contributed by atoms with Crippen LogP contribution in [0.1, 0.15) is 52.0 Å². The van der Waals surface area contributed by atoms with Crippen LogP contribution in [0.3, 0.4) is 0 Å². The smallest absolute Gasteiger partial charge is 0.161 e. The van der Waals surface area contributed by atoms with Gasteiger partial charge in [0.2, 0.25) is 0 Å². The fourth-order valence-electron chi connectivity index (χ4n) is 2.12. The van der Waals surface area contributed by atoms with Gasteiger partial charge in [0.1, 0.15) is 0 Å². The van der Waals surface area contributed by atoms with E-state index in [1.807, 2.05) is 0 Å². The highest BCUT2D eigenvalue weighted by Gasteiger charge is 2.06. The Labute approximate surface area is 130 Å². The summed E-state index contributed by atoms with van der Waals surface area (Å²) in [4.78, 5) is 0. The second-order valence-electron chi connectivity index (χ2n) is 5.29. The molecule has 1 rings (SSSR count). The van der Waals surface area contributed by atoms with Gasteiger partial charge in [-0.3, -0.25) is 0 Å². The molecule has 0 aliphatic rings. The minimum Gasteiger partial charge on any atom is -0.490 e. The van der Waals surface area contributed by atoms with Crippen LogP contribution in [0, 0.1) is 0 Å². The molecule has 0 radical (unpaired) electrons. The van der Waals surface area contributed by atoms with Crippen LogP contribution >= 0.6 is 0 Å². The molecule has 0 atom stereocenters. The van der Waals surface area contributed by atoms with Gasteiger partial charge in [-0.05, 0) is 62.9 Å². The van der Waals surface area contributed by atoms with E-state index >= 15 is 0 Å². The van der Waals surface area contributed by atoms with Gasteiger partial charge in [-0.2, -0.15) is 0 Å². The van der Waals surface area contributed by atoms with Gasteiger partial charge in [-0.25, -0.2) is 0 Å². The standard InChI is InChI=1S/C18H31NO2/c1-4-13-20-17-11-10-16(9-7-8-12-19-6-3)15-18(17)21-14-5-2/h10-11,15,19H,4-9,12-14H2,1-3H3. The Hall–Kier alpha value is -1.22. The molecule has 1 N–H and O–H groups in total. The third-order valence-corrected chi connectivity index (χ3v) is 3.25. The maximum absolute atomic E-state index is 5.83. The zero-order chi connectivity index (χ0) is 15.3. The summed E-state index contributed by atoms with van der Waals surface area (Å²) in [6.07, 6.45) is 5.55. The van der Waals surface area contributed by atoms with Crippen LogP contribution in [-0.4, -0.2) is 26.3 Å².